The van der Waals surface area contributed by atoms with E-state index >= 15 is 0 Å². The van der Waals surface area contributed by atoms with E-state index in [-0.39, 0.29) is 0 Å². The van der Waals surface area contributed by atoms with Gasteiger partial charge in [0.05, 0.1) is 21.6 Å². The Hall–Kier alpha value is -2.25. The summed E-state index contributed by atoms with van der Waals surface area (Å²) in [5.41, 5.74) is 2.41. The van der Waals surface area contributed by atoms with Gasteiger partial charge < -0.3 is 0 Å². The van der Waals surface area contributed by atoms with E-state index in [0.29, 0.717) is 21.7 Å². The lowest BCUT2D eigenvalue weighted by atomic mass is 10.1. The largest absolute Gasteiger partial charge is 0.253 e. The molecule has 17 heavy (non-hydrogen) atoms. The summed E-state index contributed by atoms with van der Waals surface area (Å²) in [5, 5.41) is 10.0. The highest BCUT2D eigenvalue weighted by Gasteiger charge is 2.09. The molecular weight excluding hydrogens is 236 g/mol. The van der Waals surface area contributed by atoms with Crippen molar-refractivity contribution < 1.29 is 0 Å². The number of pyridine rings is 1. The molecule has 0 aliphatic heterocycles. The molecule has 0 radical (unpaired) electrons. The number of aromatic nitrogens is 3. The van der Waals surface area contributed by atoms with Crippen molar-refractivity contribution in [2.45, 2.75) is 0 Å². The maximum Gasteiger partial charge on any atom is 0.142 e. The van der Waals surface area contributed by atoms with Crippen molar-refractivity contribution in [1.82, 2.24) is 15.0 Å². The lowest BCUT2D eigenvalue weighted by molar-refractivity contribution is 1.29. The van der Waals surface area contributed by atoms with Gasteiger partial charge in [0.2, 0.25) is 0 Å². The van der Waals surface area contributed by atoms with Crippen LogP contribution in [0.2, 0.25) is 5.02 Å². The first-order chi connectivity index (χ1) is 8.29. The van der Waals surface area contributed by atoms with Crippen molar-refractivity contribution in [3.05, 3.63) is 41.3 Å². The molecule has 4 nitrogen and oxygen atoms in total. The zero-order chi connectivity index (χ0) is 11.8. The molecule has 0 saturated heterocycles. The van der Waals surface area contributed by atoms with E-state index in [0.717, 1.165) is 10.9 Å². The van der Waals surface area contributed by atoms with Gasteiger partial charge in [-0.3, -0.25) is 9.97 Å². The molecule has 0 saturated carbocycles. The molecule has 0 amide bonds. The van der Waals surface area contributed by atoms with Crippen LogP contribution >= 0.6 is 11.6 Å². The number of nitrogens with zero attached hydrogens (tertiary/aromatic N) is 4. The summed E-state index contributed by atoms with van der Waals surface area (Å²) in [6, 6.07) is 7.12. The number of rotatable bonds is 0. The Morgan fingerprint density at radius 3 is 2.71 bits per heavy atom. The number of hydrogen-bond acceptors (Lipinski definition) is 4. The molecule has 2 aromatic heterocycles. The van der Waals surface area contributed by atoms with Crippen LogP contribution in [0.3, 0.4) is 0 Å². The van der Waals surface area contributed by atoms with Gasteiger partial charge in [-0.1, -0.05) is 11.6 Å². The second-order valence-corrected chi connectivity index (χ2v) is 3.89. The van der Waals surface area contributed by atoms with Gasteiger partial charge >= 0.3 is 0 Å². The van der Waals surface area contributed by atoms with Gasteiger partial charge in [0, 0.05) is 17.8 Å². The van der Waals surface area contributed by atoms with E-state index in [9.17, 15) is 0 Å². The van der Waals surface area contributed by atoms with Crippen LogP contribution in [0.15, 0.2) is 30.6 Å². The fourth-order valence-electron chi connectivity index (χ4n) is 1.77. The van der Waals surface area contributed by atoms with E-state index in [1.54, 1.807) is 18.5 Å². The van der Waals surface area contributed by atoms with E-state index < -0.39 is 0 Å². The fraction of sp³-hybridized carbons (Fsp3) is 0. The standard InChI is InChI=1S/C12H5ClN4/c13-8-5-7(6-14)17-9-1-2-10-12(11(8)9)16-4-3-15-10/h1-5H. The topological polar surface area (TPSA) is 62.5 Å². The minimum Gasteiger partial charge on any atom is -0.253 e. The highest BCUT2D eigenvalue weighted by Crippen LogP contribution is 2.28. The molecule has 0 unspecified atom stereocenters. The maximum absolute atomic E-state index is 8.84. The van der Waals surface area contributed by atoms with Gasteiger partial charge in [0.15, 0.2) is 0 Å². The van der Waals surface area contributed by atoms with Crippen molar-refractivity contribution in [3.63, 3.8) is 0 Å². The average molecular weight is 241 g/mol. The molecule has 1 aromatic carbocycles. The molecule has 0 atom stereocenters. The van der Waals surface area contributed by atoms with Crippen molar-refractivity contribution >= 4 is 33.5 Å². The van der Waals surface area contributed by atoms with E-state index in [4.69, 9.17) is 16.9 Å². The molecule has 0 aliphatic rings. The molecule has 3 aromatic rings. The normalized spacial score (nSPS) is 10.6. The van der Waals surface area contributed by atoms with Crippen LogP contribution in [-0.4, -0.2) is 15.0 Å². The minimum absolute atomic E-state index is 0.297. The molecular formula is C12H5ClN4. The third-order valence-corrected chi connectivity index (χ3v) is 2.77. The molecule has 2 heterocycles. The Kier molecular flexibility index (Phi) is 2.13. The first-order valence-corrected chi connectivity index (χ1v) is 5.27. The van der Waals surface area contributed by atoms with Crippen LogP contribution in [0.4, 0.5) is 0 Å². The fourth-order valence-corrected chi connectivity index (χ4v) is 2.06. The summed E-state index contributed by atoms with van der Waals surface area (Å²) in [7, 11) is 0. The average Bonchev–Trinajstić information content (AvgIpc) is 2.37. The van der Waals surface area contributed by atoms with Crippen molar-refractivity contribution in [3.8, 4) is 6.07 Å². The second-order valence-electron chi connectivity index (χ2n) is 3.48. The first kappa shape index (κ1) is 9.94. The second kappa shape index (κ2) is 3.65. The zero-order valence-corrected chi connectivity index (χ0v) is 9.31. The van der Waals surface area contributed by atoms with Crippen molar-refractivity contribution in [2.75, 3.05) is 0 Å². The minimum atomic E-state index is 0.297. The lowest BCUT2D eigenvalue weighted by Crippen LogP contribution is -1.90. The summed E-state index contributed by atoms with van der Waals surface area (Å²) in [5.74, 6) is 0. The van der Waals surface area contributed by atoms with Crippen LogP contribution in [0.5, 0.6) is 0 Å². The number of hydrogen-bond donors (Lipinski definition) is 0. The van der Waals surface area contributed by atoms with Crippen molar-refractivity contribution in [2.24, 2.45) is 0 Å². The number of fused-ring (bicyclic) bond motifs is 3. The molecule has 5 heteroatoms. The zero-order valence-electron chi connectivity index (χ0n) is 8.55. The summed E-state index contributed by atoms with van der Waals surface area (Å²) >= 11 is 6.16. The third-order valence-electron chi connectivity index (χ3n) is 2.48. The van der Waals surface area contributed by atoms with E-state index in [2.05, 4.69) is 15.0 Å². The smallest absolute Gasteiger partial charge is 0.142 e. The van der Waals surface area contributed by atoms with Crippen LogP contribution < -0.4 is 0 Å². The predicted molar refractivity (Wildman–Crippen MR) is 64.6 cm³/mol. The van der Waals surface area contributed by atoms with Gasteiger partial charge in [0.25, 0.3) is 0 Å². The van der Waals surface area contributed by atoms with Gasteiger partial charge in [-0.15, -0.1) is 0 Å². The number of benzene rings is 1. The summed E-state index contributed by atoms with van der Waals surface area (Å²) in [6.45, 7) is 0. The Bertz CT molecular complexity index is 776. The Labute approximate surface area is 102 Å². The lowest BCUT2D eigenvalue weighted by Gasteiger charge is -2.03. The summed E-state index contributed by atoms with van der Waals surface area (Å²) < 4.78 is 0. The van der Waals surface area contributed by atoms with Gasteiger partial charge in [-0.25, -0.2) is 4.98 Å². The Balaban J connectivity index is 2.56. The first-order valence-electron chi connectivity index (χ1n) is 4.89. The Morgan fingerprint density at radius 2 is 1.88 bits per heavy atom. The van der Waals surface area contributed by atoms with Crippen LogP contribution in [0, 0.1) is 11.3 Å². The number of nitriles is 1. The predicted octanol–water partition coefficient (Wildman–Crippen LogP) is 2.70. The summed E-state index contributed by atoms with van der Waals surface area (Å²) in [4.78, 5) is 12.6. The monoisotopic (exact) mass is 240 g/mol. The van der Waals surface area contributed by atoms with Gasteiger partial charge in [-0.05, 0) is 18.2 Å². The maximum atomic E-state index is 8.84. The summed E-state index contributed by atoms with van der Waals surface area (Å²) in [6.07, 6.45) is 3.23. The molecule has 80 valence electrons. The van der Waals surface area contributed by atoms with Gasteiger partial charge in [-0.2, -0.15) is 5.26 Å². The molecule has 0 N–H and O–H groups in total. The molecule has 0 fully saturated rings. The van der Waals surface area contributed by atoms with Crippen LogP contribution in [0.1, 0.15) is 5.69 Å². The third kappa shape index (κ3) is 1.49. The Morgan fingerprint density at radius 1 is 1.12 bits per heavy atom. The molecule has 0 aliphatic carbocycles. The van der Waals surface area contributed by atoms with Crippen LogP contribution in [0.25, 0.3) is 21.9 Å². The van der Waals surface area contributed by atoms with Gasteiger partial charge in [0.1, 0.15) is 11.8 Å². The molecule has 0 bridgehead atoms. The SMILES string of the molecule is N#Cc1cc(Cl)c2c(ccc3nccnc32)n1. The number of halogens is 1. The highest BCUT2D eigenvalue weighted by molar-refractivity contribution is 6.37. The molecule has 0 spiro atoms. The molecule has 3 rings (SSSR count). The van der Waals surface area contributed by atoms with E-state index in [1.807, 2.05) is 12.1 Å². The van der Waals surface area contributed by atoms with E-state index in [1.165, 1.54) is 6.07 Å². The quantitative estimate of drug-likeness (QED) is 0.567. The highest BCUT2D eigenvalue weighted by atomic mass is 35.5. The van der Waals surface area contributed by atoms with Crippen molar-refractivity contribution in [1.29, 1.82) is 5.26 Å². The van der Waals surface area contributed by atoms with Crippen LogP contribution in [-0.2, 0) is 0 Å².